The molecule has 2 aromatic rings. The van der Waals surface area contributed by atoms with Gasteiger partial charge < -0.3 is 14.0 Å². The number of rotatable bonds is 9. The van der Waals surface area contributed by atoms with Gasteiger partial charge >= 0.3 is 0 Å². The number of aldehydes is 1. The van der Waals surface area contributed by atoms with Crippen molar-refractivity contribution >= 4 is 18.0 Å². The Bertz CT molecular complexity index is 658. The van der Waals surface area contributed by atoms with Gasteiger partial charge in [-0.15, -0.1) is 10.2 Å². The molecule has 0 aliphatic carbocycles. The summed E-state index contributed by atoms with van der Waals surface area (Å²) in [4.78, 5) is 11.1. The van der Waals surface area contributed by atoms with Gasteiger partial charge in [-0.2, -0.15) is 0 Å². The van der Waals surface area contributed by atoms with Gasteiger partial charge in [0.2, 0.25) is 0 Å². The van der Waals surface area contributed by atoms with Crippen LogP contribution >= 0.6 is 11.8 Å². The Morgan fingerprint density at radius 2 is 2.17 bits per heavy atom. The Morgan fingerprint density at radius 3 is 2.87 bits per heavy atom. The Morgan fingerprint density at radius 1 is 1.35 bits per heavy atom. The number of carbonyl (C=O) groups excluding carboxylic acids is 1. The fourth-order valence-corrected chi connectivity index (χ4v) is 3.13. The van der Waals surface area contributed by atoms with Gasteiger partial charge in [0.05, 0.1) is 19.3 Å². The molecule has 0 unspecified atom stereocenters. The first-order chi connectivity index (χ1) is 11.2. The van der Waals surface area contributed by atoms with E-state index in [0.29, 0.717) is 23.7 Å². The summed E-state index contributed by atoms with van der Waals surface area (Å²) >= 11 is 1.66. The number of benzene rings is 1. The fourth-order valence-electron chi connectivity index (χ4n) is 2.17. The number of nitrogens with zero attached hydrogens (tertiary/aromatic N) is 3. The summed E-state index contributed by atoms with van der Waals surface area (Å²) in [5.74, 6) is 2.87. The van der Waals surface area contributed by atoms with Crippen molar-refractivity contribution in [2.24, 2.45) is 0 Å². The van der Waals surface area contributed by atoms with Gasteiger partial charge in [-0.1, -0.05) is 17.8 Å². The highest BCUT2D eigenvalue weighted by molar-refractivity contribution is 7.99. The first-order valence-corrected chi connectivity index (χ1v) is 8.47. The van der Waals surface area contributed by atoms with Crippen LogP contribution in [0.1, 0.15) is 29.5 Å². The number of aryl methyl sites for hydroxylation is 1. The minimum atomic E-state index is 0.498. The predicted molar refractivity (Wildman–Crippen MR) is 89.7 cm³/mol. The Hall–Kier alpha value is -2.02. The Labute approximate surface area is 140 Å². The van der Waals surface area contributed by atoms with Crippen LogP contribution in [0.2, 0.25) is 0 Å². The maximum Gasteiger partial charge on any atom is 0.191 e. The topological polar surface area (TPSA) is 66.2 Å². The van der Waals surface area contributed by atoms with Crippen LogP contribution in [0.15, 0.2) is 23.4 Å². The molecule has 0 spiro atoms. The number of ether oxygens (including phenoxy) is 2. The molecule has 0 bridgehead atoms. The molecule has 0 saturated heterocycles. The average molecular weight is 335 g/mol. The van der Waals surface area contributed by atoms with E-state index in [1.165, 1.54) is 0 Å². The van der Waals surface area contributed by atoms with Crippen LogP contribution in [0, 0.1) is 6.92 Å². The van der Waals surface area contributed by atoms with Crippen molar-refractivity contribution in [3.63, 3.8) is 0 Å². The average Bonchev–Trinajstić information content (AvgIpc) is 2.94. The van der Waals surface area contributed by atoms with Crippen molar-refractivity contribution in [3.8, 4) is 11.5 Å². The fraction of sp³-hybridized carbons (Fsp3) is 0.438. The SMILES string of the molecule is CCn1c(C)nnc1SCCCOc1c(C=O)cccc1OC. The number of hydrogen-bond donors (Lipinski definition) is 0. The van der Waals surface area contributed by atoms with Gasteiger partial charge in [-0.3, -0.25) is 4.79 Å². The molecule has 23 heavy (non-hydrogen) atoms. The Balaban J connectivity index is 1.85. The van der Waals surface area contributed by atoms with E-state index in [4.69, 9.17) is 9.47 Å². The number of aromatic nitrogens is 3. The molecular formula is C16H21N3O3S. The summed E-state index contributed by atoms with van der Waals surface area (Å²) in [6, 6.07) is 5.26. The first-order valence-electron chi connectivity index (χ1n) is 7.48. The molecule has 1 aromatic heterocycles. The van der Waals surface area contributed by atoms with Crippen LogP contribution in [0.4, 0.5) is 0 Å². The van der Waals surface area contributed by atoms with Crippen molar-refractivity contribution in [2.75, 3.05) is 19.5 Å². The molecule has 2 rings (SSSR count). The van der Waals surface area contributed by atoms with Crippen LogP contribution in [0.5, 0.6) is 11.5 Å². The number of para-hydroxylation sites is 1. The number of hydrogen-bond acceptors (Lipinski definition) is 6. The highest BCUT2D eigenvalue weighted by atomic mass is 32.2. The van der Waals surface area contributed by atoms with Crippen molar-refractivity contribution in [2.45, 2.75) is 32.0 Å². The summed E-state index contributed by atoms with van der Waals surface area (Å²) in [7, 11) is 1.56. The molecule has 0 aliphatic rings. The van der Waals surface area contributed by atoms with E-state index in [0.717, 1.165) is 36.0 Å². The van der Waals surface area contributed by atoms with Crippen LogP contribution in [0.25, 0.3) is 0 Å². The molecule has 0 N–H and O–H groups in total. The van der Waals surface area contributed by atoms with Crippen molar-refractivity contribution in [1.82, 2.24) is 14.8 Å². The zero-order valence-corrected chi connectivity index (χ0v) is 14.4. The molecular weight excluding hydrogens is 314 g/mol. The minimum Gasteiger partial charge on any atom is -0.493 e. The van der Waals surface area contributed by atoms with Crippen LogP contribution in [-0.4, -0.2) is 40.5 Å². The monoisotopic (exact) mass is 335 g/mol. The molecule has 0 fully saturated rings. The third kappa shape index (κ3) is 4.25. The third-order valence-electron chi connectivity index (χ3n) is 3.34. The zero-order valence-electron chi connectivity index (χ0n) is 13.6. The lowest BCUT2D eigenvalue weighted by Crippen LogP contribution is -2.04. The van der Waals surface area contributed by atoms with Gasteiger partial charge in [0.15, 0.2) is 22.9 Å². The van der Waals surface area contributed by atoms with Crippen LogP contribution in [-0.2, 0) is 6.54 Å². The molecule has 1 aromatic carbocycles. The quantitative estimate of drug-likeness (QED) is 0.399. The normalized spacial score (nSPS) is 10.6. The van der Waals surface area contributed by atoms with E-state index >= 15 is 0 Å². The smallest absolute Gasteiger partial charge is 0.191 e. The van der Waals surface area contributed by atoms with Crippen LogP contribution in [0.3, 0.4) is 0 Å². The molecule has 1 heterocycles. The number of methoxy groups -OCH3 is 1. The maximum atomic E-state index is 11.1. The molecule has 0 amide bonds. The van der Waals surface area contributed by atoms with Gasteiger partial charge in [-0.05, 0) is 32.4 Å². The van der Waals surface area contributed by atoms with E-state index in [-0.39, 0.29) is 0 Å². The van der Waals surface area contributed by atoms with Crippen molar-refractivity contribution in [1.29, 1.82) is 0 Å². The lowest BCUT2D eigenvalue weighted by Gasteiger charge is -2.12. The van der Waals surface area contributed by atoms with Gasteiger partial charge in [0, 0.05) is 12.3 Å². The molecule has 0 aliphatic heterocycles. The second kappa shape index (κ2) is 8.57. The Kier molecular flexibility index (Phi) is 6.46. The lowest BCUT2D eigenvalue weighted by atomic mass is 10.2. The summed E-state index contributed by atoms with van der Waals surface area (Å²) in [6.07, 6.45) is 1.61. The highest BCUT2D eigenvalue weighted by Gasteiger charge is 2.10. The van der Waals surface area contributed by atoms with E-state index < -0.39 is 0 Å². The van der Waals surface area contributed by atoms with Gasteiger partial charge in [-0.25, -0.2) is 0 Å². The second-order valence-electron chi connectivity index (χ2n) is 4.82. The van der Waals surface area contributed by atoms with Crippen molar-refractivity contribution < 1.29 is 14.3 Å². The molecule has 0 saturated carbocycles. The zero-order chi connectivity index (χ0) is 16.7. The molecule has 124 valence electrons. The first kappa shape index (κ1) is 17.3. The molecule has 7 heteroatoms. The second-order valence-corrected chi connectivity index (χ2v) is 5.88. The summed E-state index contributed by atoms with van der Waals surface area (Å²) < 4.78 is 13.1. The lowest BCUT2D eigenvalue weighted by molar-refractivity contribution is 0.111. The molecule has 0 radical (unpaired) electrons. The van der Waals surface area contributed by atoms with E-state index in [9.17, 15) is 4.79 Å². The van der Waals surface area contributed by atoms with E-state index in [2.05, 4.69) is 21.7 Å². The third-order valence-corrected chi connectivity index (χ3v) is 4.39. The van der Waals surface area contributed by atoms with Crippen molar-refractivity contribution in [3.05, 3.63) is 29.6 Å². The summed E-state index contributed by atoms with van der Waals surface area (Å²) in [5.41, 5.74) is 0.498. The predicted octanol–water partition coefficient (Wildman–Crippen LogP) is 2.99. The van der Waals surface area contributed by atoms with Crippen LogP contribution < -0.4 is 9.47 Å². The summed E-state index contributed by atoms with van der Waals surface area (Å²) in [5, 5.41) is 9.18. The van der Waals surface area contributed by atoms with Gasteiger partial charge in [0.1, 0.15) is 5.82 Å². The molecule has 0 atom stereocenters. The number of carbonyl (C=O) groups is 1. The minimum absolute atomic E-state index is 0.498. The standard InChI is InChI=1S/C16H21N3O3S/c1-4-19-12(2)17-18-16(19)23-10-6-9-22-15-13(11-20)7-5-8-14(15)21-3/h5,7-8,11H,4,6,9-10H2,1-3H3. The van der Waals surface area contributed by atoms with E-state index in [1.54, 1.807) is 37.1 Å². The summed E-state index contributed by atoms with van der Waals surface area (Å²) in [6.45, 7) is 5.40. The largest absolute Gasteiger partial charge is 0.493 e. The maximum absolute atomic E-state index is 11.1. The highest BCUT2D eigenvalue weighted by Crippen LogP contribution is 2.30. The van der Waals surface area contributed by atoms with E-state index in [1.807, 2.05) is 6.92 Å². The molecule has 6 nitrogen and oxygen atoms in total. The number of thioether (sulfide) groups is 1. The van der Waals surface area contributed by atoms with Gasteiger partial charge in [0.25, 0.3) is 0 Å².